The fourth-order valence-electron chi connectivity index (χ4n) is 1.16. The summed E-state index contributed by atoms with van der Waals surface area (Å²) in [6.45, 7) is 7.64. The van der Waals surface area contributed by atoms with Gasteiger partial charge in [-0.25, -0.2) is 13.3 Å². The number of nitrogens with one attached hydrogen (secondary N) is 1. The predicted molar refractivity (Wildman–Crippen MR) is 65.8 cm³/mol. The van der Waals surface area contributed by atoms with E-state index < -0.39 is 11.0 Å². The van der Waals surface area contributed by atoms with Gasteiger partial charge < -0.3 is 0 Å². The molecule has 4 heteroatoms. The zero-order valence-corrected chi connectivity index (χ0v) is 10.9. The fraction of sp³-hybridized carbons (Fsp3) is 0.500. The van der Waals surface area contributed by atoms with Crippen LogP contribution in [-0.2, 0) is 11.0 Å². The van der Waals surface area contributed by atoms with E-state index in [1.54, 1.807) is 12.1 Å². The molecule has 0 fully saturated rings. The van der Waals surface area contributed by atoms with Gasteiger partial charge in [-0.05, 0) is 45.4 Å². The molecule has 0 bridgehead atoms. The van der Waals surface area contributed by atoms with Crippen molar-refractivity contribution in [1.29, 1.82) is 0 Å². The lowest BCUT2D eigenvalue weighted by atomic mass is 10.1. The van der Waals surface area contributed by atoms with Crippen molar-refractivity contribution in [3.63, 3.8) is 0 Å². The molecular weight excluding hydrogens is 225 g/mol. The first-order valence-corrected chi connectivity index (χ1v) is 6.39. The quantitative estimate of drug-likeness (QED) is 0.869. The van der Waals surface area contributed by atoms with E-state index >= 15 is 0 Å². The zero-order chi connectivity index (χ0) is 12.3. The van der Waals surface area contributed by atoms with Gasteiger partial charge >= 0.3 is 0 Å². The number of hydrogen-bond donors (Lipinski definition) is 1. The summed E-state index contributed by atoms with van der Waals surface area (Å²) in [4.78, 5) is 0. The van der Waals surface area contributed by atoms with E-state index in [9.17, 15) is 8.60 Å². The highest BCUT2D eigenvalue weighted by molar-refractivity contribution is 7.84. The van der Waals surface area contributed by atoms with Gasteiger partial charge in [0, 0.05) is 6.04 Å². The summed E-state index contributed by atoms with van der Waals surface area (Å²) in [6, 6.07) is 6.17. The third-order valence-corrected chi connectivity index (χ3v) is 3.89. The van der Waals surface area contributed by atoms with Gasteiger partial charge in [0.05, 0.1) is 15.7 Å². The SMILES string of the molecule is C[C@@H](N[S@@](=O)C(C)(C)C)c1ccc(F)cc1. The highest BCUT2D eigenvalue weighted by atomic mass is 32.2. The van der Waals surface area contributed by atoms with Crippen LogP contribution in [0.15, 0.2) is 24.3 Å². The number of rotatable bonds is 3. The van der Waals surface area contributed by atoms with E-state index in [0.717, 1.165) is 5.56 Å². The molecule has 0 saturated carbocycles. The van der Waals surface area contributed by atoms with Crippen molar-refractivity contribution in [2.75, 3.05) is 0 Å². The summed E-state index contributed by atoms with van der Waals surface area (Å²) in [5, 5.41) is 0. The Hall–Kier alpha value is -0.740. The summed E-state index contributed by atoms with van der Waals surface area (Å²) >= 11 is 0. The van der Waals surface area contributed by atoms with E-state index in [1.807, 2.05) is 27.7 Å². The van der Waals surface area contributed by atoms with Crippen molar-refractivity contribution in [3.05, 3.63) is 35.6 Å². The zero-order valence-electron chi connectivity index (χ0n) is 10.1. The summed E-state index contributed by atoms with van der Waals surface area (Å²) in [5.74, 6) is -0.257. The maximum atomic E-state index is 12.7. The van der Waals surface area contributed by atoms with Gasteiger partial charge in [-0.2, -0.15) is 0 Å². The molecule has 90 valence electrons. The monoisotopic (exact) mass is 243 g/mol. The first-order chi connectivity index (χ1) is 7.30. The largest absolute Gasteiger partial charge is 0.242 e. The summed E-state index contributed by atoms with van der Waals surface area (Å²) in [5.41, 5.74) is 0.930. The molecule has 0 saturated heterocycles. The molecule has 0 spiro atoms. The van der Waals surface area contributed by atoms with E-state index in [2.05, 4.69) is 4.72 Å². The lowest BCUT2D eigenvalue weighted by molar-refractivity contribution is 0.612. The third kappa shape index (κ3) is 3.68. The first kappa shape index (κ1) is 13.3. The Morgan fingerprint density at radius 3 is 2.19 bits per heavy atom. The second-order valence-corrected chi connectivity index (χ2v) is 6.77. The molecule has 2 atom stereocenters. The Kier molecular flexibility index (Phi) is 4.21. The third-order valence-electron chi connectivity index (χ3n) is 2.21. The van der Waals surface area contributed by atoms with Crippen molar-refractivity contribution in [1.82, 2.24) is 4.72 Å². The van der Waals surface area contributed by atoms with Gasteiger partial charge in [-0.15, -0.1) is 0 Å². The van der Waals surface area contributed by atoms with Crippen molar-refractivity contribution in [3.8, 4) is 0 Å². The van der Waals surface area contributed by atoms with Crippen LogP contribution in [0.4, 0.5) is 4.39 Å². The van der Waals surface area contributed by atoms with Gasteiger partial charge in [-0.1, -0.05) is 12.1 Å². The van der Waals surface area contributed by atoms with Crippen LogP contribution in [0.5, 0.6) is 0 Å². The smallest absolute Gasteiger partial charge is 0.123 e. The van der Waals surface area contributed by atoms with Gasteiger partial charge in [0.25, 0.3) is 0 Å². The molecule has 1 N–H and O–H groups in total. The molecular formula is C12H18FNOS. The molecule has 0 aliphatic carbocycles. The minimum atomic E-state index is -1.12. The van der Waals surface area contributed by atoms with E-state index in [-0.39, 0.29) is 16.6 Å². The van der Waals surface area contributed by atoms with Crippen molar-refractivity contribution >= 4 is 11.0 Å². The van der Waals surface area contributed by atoms with Crippen molar-refractivity contribution in [2.24, 2.45) is 0 Å². The molecule has 1 aromatic rings. The Morgan fingerprint density at radius 1 is 1.25 bits per heavy atom. The standard InChI is InChI=1S/C12H18FNOS/c1-9(14-16(15)12(2,3)4)10-5-7-11(13)8-6-10/h5-9,14H,1-4H3/t9-,16+/m1/s1. The molecule has 0 aliphatic rings. The molecule has 0 unspecified atom stereocenters. The van der Waals surface area contributed by atoms with E-state index in [0.29, 0.717) is 0 Å². The molecule has 2 nitrogen and oxygen atoms in total. The first-order valence-electron chi connectivity index (χ1n) is 5.24. The van der Waals surface area contributed by atoms with E-state index in [4.69, 9.17) is 0 Å². The van der Waals surface area contributed by atoms with Crippen LogP contribution >= 0.6 is 0 Å². The predicted octanol–water partition coefficient (Wildman–Crippen LogP) is 2.94. The highest BCUT2D eigenvalue weighted by Gasteiger charge is 2.21. The summed E-state index contributed by atoms with van der Waals surface area (Å²) in [6.07, 6.45) is 0. The number of benzene rings is 1. The summed E-state index contributed by atoms with van der Waals surface area (Å²) < 4.78 is 27.3. The van der Waals surface area contributed by atoms with Crippen LogP contribution in [0.2, 0.25) is 0 Å². The molecule has 0 amide bonds. The van der Waals surface area contributed by atoms with Gasteiger partial charge in [0.15, 0.2) is 0 Å². The Bertz CT molecular complexity index is 370. The average molecular weight is 243 g/mol. The van der Waals surface area contributed by atoms with Gasteiger partial charge in [0.2, 0.25) is 0 Å². The lowest BCUT2D eigenvalue weighted by Crippen LogP contribution is -2.34. The second-order valence-electron chi connectivity index (χ2n) is 4.77. The van der Waals surface area contributed by atoms with Crippen LogP contribution < -0.4 is 4.72 Å². The van der Waals surface area contributed by atoms with Crippen molar-refractivity contribution in [2.45, 2.75) is 38.5 Å². The maximum absolute atomic E-state index is 12.7. The van der Waals surface area contributed by atoms with Gasteiger partial charge in [0.1, 0.15) is 5.82 Å². The van der Waals surface area contributed by atoms with E-state index in [1.165, 1.54) is 12.1 Å². The molecule has 0 aliphatic heterocycles. The molecule has 0 heterocycles. The molecule has 1 aromatic carbocycles. The molecule has 1 rings (SSSR count). The Morgan fingerprint density at radius 2 is 1.75 bits per heavy atom. The maximum Gasteiger partial charge on any atom is 0.123 e. The lowest BCUT2D eigenvalue weighted by Gasteiger charge is -2.22. The second kappa shape index (κ2) is 5.06. The Balaban J connectivity index is 2.69. The Labute approximate surface area is 98.8 Å². The van der Waals surface area contributed by atoms with Crippen LogP contribution in [0.25, 0.3) is 0 Å². The number of halogens is 1. The minimum Gasteiger partial charge on any atom is -0.242 e. The highest BCUT2D eigenvalue weighted by Crippen LogP contribution is 2.17. The van der Waals surface area contributed by atoms with Crippen LogP contribution in [0, 0.1) is 5.82 Å². The van der Waals surface area contributed by atoms with Crippen LogP contribution in [0.3, 0.4) is 0 Å². The minimum absolute atomic E-state index is 0.0549. The normalized spacial score (nSPS) is 15.8. The topological polar surface area (TPSA) is 29.1 Å². The van der Waals surface area contributed by atoms with Crippen molar-refractivity contribution < 1.29 is 8.60 Å². The molecule has 16 heavy (non-hydrogen) atoms. The number of hydrogen-bond acceptors (Lipinski definition) is 1. The average Bonchev–Trinajstić information content (AvgIpc) is 2.17. The van der Waals surface area contributed by atoms with Gasteiger partial charge in [-0.3, -0.25) is 0 Å². The van der Waals surface area contributed by atoms with Crippen LogP contribution in [0.1, 0.15) is 39.3 Å². The molecule has 0 aromatic heterocycles. The van der Waals surface area contributed by atoms with Crippen LogP contribution in [-0.4, -0.2) is 8.96 Å². The fourth-order valence-corrected chi connectivity index (χ4v) is 1.97. The molecule has 0 radical (unpaired) electrons. The summed E-state index contributed by atoms with van der Waals surface area (Å²) in [7, 11) is -1.12.